The lowest BCUT2D eigenvalue weighted by Gasteiger charge is -2.05. The Morgan fingerprint density at radius 1 is 1.08 bits per heavy atom. The number of pyridine rings is 1. The number of carbonyl (C=O) groups excluding carboxylic acids is 1. The monoisotopic (exact) mass is 367 g/mol. The van der Waals surface area contributed by atoms with Gasteiger partial charge >= 0.3 is 0 Å². The van der Waals surface area contributed by atoms with E-state index in [1.165, 1.54) is 28.3 Å². The summed E-state index contributed by atoms with van der Waals surface area (Å²) in [7, 11) is 0. The molecule has 0 saturated carbocycles. The molecule has 0 radical (unpaired) electrons. The fourth-order valence-electron chi connectivity index (χ4n) is 2.84. The van der Waals surface area contributed by atoms with E-state index in [2.05, 4.69) is 4.98 Å². The molecule has 0 amide bonds. The van der Waals surface area contributed by atoms with Gasteiger partial charge in [0.05, 0.1) is 4.88 Å². The number of ketones is 1. The fraction of sp³-hybridized carbons (Fsp3) is 0.100. The van der Waals surface area contributed by atoms with Gasteiger partial charge in [-0.15, -0.1) is 22.7 Å². The molecule has 1 aromatic carbocycles. The number of Topliss-reactive ketones (excluding diaryl/α,β-unsaturated/α-hetero) is 1. The average Bonchev–Trinajstić information content (AvgIpc) is 3.28. The summed E-state index contributed by atoms with van der Waals surface area (Å²) in [5.74, 6) is -0.178. The van der Waals surface area contributed by atoms with Crippen LogP contribution in [-0.4, -0.2) is 10.8 Å². The molecule has 0 aliphatic carbocycles. The third kappa shape index (κ3) is 3.25. The highest BCUT2D eigenvalue weighted by atomic mass is 32.1. The van der Waals surface area contributed by atoms with E-state index in [9.17, 15) is 9.18 Å². The molecule has 4 aromatic rings. The summed E-state index contributed by atoms with van der Waals surface area (Å²) in [6, 6.07) is 14.2. The third-order valence-electron chi connectivity index (χ3n) is 4.03. The smallest absolute Gasteiger partial charge is 0.173 e. The first-order valence-corrected chi connectivity index (χ1v) is 9.61. The summed E-state index contributed by atoms with van der Waals surface area (Å²) in [5, 5.41) is 2.96. The largest absolute Gasteiger partial charge is 0.293 e. The predicted octanol–water partition coefficient (Wildman–Crippen LogP) is 5.98. The van der Waals surface area contributed by atoms with Crippen molar-refractivity contribution in [3.63, 3.8) is 0 Å². The Hall–Kier alpha value is -2.37. The van der Waals surface area contributed by atoms with E-state index >= 15 is 0 Å². The van der Waals surface area contributed by atoms with Gasteiger partial charge in [0.25, 0.3) is 0 Å². The second-order valence-corrected chi connectivity index (χ2v) is 7.70. The molecule has 3 heterocycles. The number of halogens is 1. The fourth-order valence-corrected chi connectivity index (χ4v) is 4.68. The lowest BCUT2D eigenvalue weighted by molar-refractivity contribution is 0.0987. The first-order valence-electron chi connectivity index (χ1n) is 7.91. The van der Waals surface area contributed by atoms with Crippen LogP contribution in [-0.2, 0) is 6.42 Å². The number of fused-ring (bicyclic) bond motifs is 1. The van der Waals surface area contributed by atoms with E-state index < -0.39 is 0 Å². The normalized spacial score (nSPS) is 11.1. The number of nitrogens with zero attached hydrogens (tertiary/aromatic N) is 1. The maximum absolute atomic E-state index is 13.3. The molecule has 0 bridgehead atoms. The Balaban J connectivity index is 1.75. The Labute approximate surface area is 152 Å². The van der Waals surface area contributed by atoms with Gasteiger partial charge in [0.2, 0.25) is 0 Å². The van der Waals surface area contributed by atoms with Gasteiger partial charge in [-0.1, -0.05) is 18.2 Å². The van der Waals surface area contributed by atoms with Crippen molar-refractivity contribution in [3.8, 4) is 11.1 Å². The summed E-state index contributed by atoms with van der Waals surface area (Å²) in [5.41, 5.74) is 1.71. The number of rotatable bonds is 5. The van der Waals surface area contributed by atoms with Gasteiger partial charge in [0.1, 0.15) is 10.6 Å². The molecule has 4 rings (SSSR count). The topological polar surface area (TPSA) is 30.0 Å². The highest BCUT2D eigenvalue weighted by Crippen LogP contribution is 2.38. The van der Waals surface area contributed by atoms with Crippen molar-refractivity contribution < 1.29 is 9.18 Å². The van der Waals surface area contributed by atoms with Crippen molar-refractivity contribution in [2.24, 2.45) is 0 Å². The van der Waals surface area contributed by atoms with Crippen molar-refractivity contribution in [3.05, 3.63) is 75.7 Å². The van der Waals surface area contributed by atoms with Gasteiger partial charge in [-0.3, -0.25) is 4.79 Å². The maximum Gasteiger partial charge on any atom is 0.173 e. The van der Waals surface area contributed by atoms with Crippen LogP contribution in [0.15, 0.2) is 60.1 Å². The molecule has 25 heavy (non-hydrogen) atoms. The number of thiophene rings is 2. The highest BCUT2D eigenvalue weighted by Gasteiger charge is 2.20. The molecule has 3 aromatic heterocycles. The molecule has 124 valence electrons. The lowest BCUT2D eigenvalue weighted by atomic mass is 10.00. The van der Waals surface area contributed by atoms with Crippen LogP contribution in [0.25, 0.3) is 21.3 Å². The SMILES string of the molecule is O=C(CCc1cccs1)c1sc2ncccc2c1-c1ccc(F)cc1. The molecule has 0 unspecified atom stereocenters. The van der Waals surface area contributed by atoms with Crippen LogP contribution in [0.5, 0.6) is 0 Å². The minimum atomic E-state index is -0.285. The maximum atomic E-state index is 13.3. The van der Waals surface area contributed by atoms with Crippen LogP contribution in [0.1, 0.15) is 21.0 Å². The molecule has 0 fully saturated rings. The van der Waals surface area contributed by atoms with Crippen LogP contribution in [0, 0.1) is 5.82 Å². The zero-order valence-electron chi connectivity index (χ0n) is 13.2. The van der Waals surface area contributed by atoms with E-state index in [1.54, 1.807) is 29.7 Å². The summed E-state index contributed by atoms with van der Waals surface area (Å²) >= 11 is 3.08. The van der Waals surface area contributed by atoms with Gasteiger partial charge in [-0.2, -0.15) is 0 Å². The zero-order valence-corrected chi connectivity index (χ0v) is 14.9. The number of benzene rings is 1. The molecule has 0 atom stereocenters. The minimum Gasteiger partial charge on any atom is -0.293 e. The third-order valence-corrected chi connectivity index (χ3v) is 6.12. The molecule has 0 aliphatic heterocycles. The number of aryl methyl sites for hydroxylation is 1. The molecule has 0 N–H and O–H groups in total. The number of hydrogen-bond acceptors (Lipinski definition) is 4. The van der Waals surface area contributed by atoms with Crippen molar-refractivity contribution in [1.29, 1.82) is 0 Å². The second-order valence-electron chi connectivity index (χ2n) is 5.67. The van der Waals surface area contributed by atoms with Gasteiger partial charge < -0.3 is 0 Å². The van der Waals surface area contributed by atoms with E-state index in [4.69, 9.17) is 0 Å². The Morgan fingerprint density at radius 3 is 2.68 bits per heavy atom. The summed E-state index contributed by atoms with van der Waals surface area (Å²) in [4.78, 5) is 20.0. The molecule has 0 aliphatic rings. The van der Waals surface area contributed by atoms with Crippen LogP contribution in [0.3, 0.4) is 0 Å². The van der Waals surface area contributed by atoms with Crippen LogP contribution < -0.4 is 0 Å². The summed E-state index contributed by atoms with van der Waals surface area (Å²) < 4.78 is 13.3. The number of carbonyl (C=O) groups is 1. The number of aromatic nitrogens is 1. The molecule has 0 saturated heterocycles. The minimum absolute atomic E-state index is 0.107. The van der Waals surface area contributed by atoms with Crippen LogP contribution in [0.4, 0.5) is 4.39 Å². The molecule has 2 nitrogen and oxygen atoms in total. The van der Waals surface area contributed by atoms with Gasteiger partial charge in [-0.05, 0) is 47.7 Å². The van der Waals surface area contributed by atoms with Gasteiger partial charge in [0.15, 0.2) is 5.78 Å². The average molecular weight is 367 g/mol. The van der Waals surface area contributed by atoms with Crippen molar-refractivity contribution in [2.45, 2.75) is 12.8 Å². The Bertz CT molecular complexity index is 1020. The van der Waals surface area contributed by atoms with Gasteiger partial charge in [0, 0.05) is 28.4 Å². The quantitative estimate of drug-likeness (QED) is 0.406. The molecular formula is C20H14FNOS2. The lowest BCUT2D eigenvalue weighted by Crippen LogP contribution is -2.00. The van der Waals surface area contributed by atoms with Crippen molar-refractivity contribution in [2.75, 3.05) is 0 Å². The Kier molecular flexibility index (Phi) is 4.42. The highest BCUT2D eigenvalue weighted by molar-refractivity contribution is 7.21. The van der Waals surface area contributed by atoms with E-state index in [-0.39, 0.29) is 11.6 Å². The Morgan fingerprint density at radius 2 is 1.92 bits per heavy atom. The first kappa shape index (κ1) is 16.1. The summed E-state index contributed by atoms with van der Waals surface area (Å²) in [6.07, 6.45) is 2.93. The number of hydrogen-bond donors (Lipinski definition) is 0. The summed E-state index contributed by atoms with van der Waals surface area (Å²) in [6.45, 7) is 0. The van der Waals surface area contributed by atoms with Gasteiger partial charge in [-0.25, -0.2) is 9.37 Å². The van der Waals surface area contributed by atoms with Crippen LogP contribution in [0.2, 0.25) is 0 Å². The first-order chi connectivity index (χ1) is 12.2. The standard InChI is InChI=1S/C20H14FNOS2/c21-14-7-5-13(6-8-14)18-16-4-1-11-22-20(16)25-19(18)17(23)10-9-15-3-2-12-24-15/h1-8,11-12H,9-10H2. The van der Waals surface area contributed by atoms with E-state index in [1.807, 2.05) is 29.6 Å². The zero-order chi connectivity index (χ0) is 17.2. The van der Waals surface area contributed by atoms with Crippen molar-refractivity contribution >= 4 is 38.7 Å². The van der Waals surface area contributed by atoms with E-state index in [0.29, 0.717) is 11.3 Å². The molecule has 5 heteroatoms. The van der Waals surface area contributed by atoms with Crippen LogP contribution >= 0.6 is 22.7 Å². The van der Waals surface area contributed by atoms with Crippen molar-refractivity contribution in [1.82, 2.24) is 4.98 Å². The molecule has 0 spiro atoms. The van der Waals surface area contributed by atoms with E-state index in [0.717, 1.165) is 27.8 Å². The second kappa shape index (κ2) is 6.86. The molecular weight excluding hydrogens is 353 g/mol. The predicted molar refractivity (Wildman–Crippen MR) is 102 cm³/mol.